The third kappa shape index (κ3) is 2.92. The summed E-state index contributed by atoms with van der Waals surface area (Å²) in [6, 6.07) is 6.11. The first kappa shape index (κ1) is 10.9. The molecule has 0 aliphatic heterocycles. The molecule has 1 rings (SSSR count). The van der Waals surface area contributed by atoms with Gasteiger partial charge in [0.1, 0.15) is 5.75 Å². The lowest BCUT2D eigenvalue weighted by atomic mass is 10.2. The van der Waals surface area contributed by atoms with Crippen molar-refractivity contribution in [1.29, 1.82) is 0 Å². The van der Waals surface area contributed by atoms with Crippen LogP contribution in [0.25, 0.3) is 0 Å². The summed E-state index contributed by atoms with van der Waals surface area (Å²) in [6.07, 6.45) is 0. The first-order valence-electron chi connectivity index (χ1n) is 4.29. The largest absolute Gasteiger partial charge is 0.508 e. The van der Waals surface area contributed by atoms with Crippen LogP contribution in [-0.4, -0.2) is 22.9 Å². The normalized spacial score (nSPS) is 12.1. The fourth-order valence-electron chi connectivity index (χ4n) is 0.993. The molecule has 1 aromatic carbocycles. The van der Waals surface area contributed by atoms with Crippen molar-refractivity contribution in [3.63, 3.8) is 0 Å². The molecule has 0 spiro atoms. The maximum absolute atomic E-state index is 11.5. The number of carbonyl (C=O) groups excluding carboxylic acids is 1. The van der Waals surface area contributed by atoms with E-state index in [2.05, 4.69) is 5.32 Å². The Morgan fingerprint density at radius 1 is 1.64 bits per heavy atom. The average molecular weight is 214 g/mol. The van der Waals surface area contributed by atoms with Crippen molar-refractivity contribution in [2.24, 2.45) is 0 Å². The van der Waals surface area contributed by atoms with Crippen LogP contribution in [0.4, 0.5) is 0 Å². The molecular weight excluding hydrogens is 202 g/mol. The zero-order chi connectivity index (χ0) is 10.6. The third-order valence-electron chi connectivity index (χ3n) is 1.72. The van der Waals surface area contributed by atoms with Gasteiger partial charge in [0.05, 0.1) is 0 Å². The van der Waals surface area contributed by atoms with E-state index in [1.807, 2.05) is 6.92 Å². The van der Waals surface area contributed by atoms with Gasteiger partial charge in [0.25, 0.3) is 5.91 Å². The van der Waals surface area contributed by atoms with E-state index >= 15 is 0 Å². The number of halogens is 1. The van der Waals surface area contributed by atoms with E-state index < -0.39 is 0 Å². The second-order valence-electron chi connectivity index (χ2n) is 3.08. The molecular formula is C10H12ClNO2. The van der Waals surface area contributed by atoms with Gasteiger partial charge in [0.15, 0.2) is 0 Å². The number of benzene rings is 1. The highest BCUT2D eigenvalue weighted by Crippen LogP contribution is 2.10. The zero-order valence-corrected chi connectivity index (χ0v) is 8.58. The minimum atomic E-state index is -0.228. The number of hydrogen-bond donors (Lipinski definition) is 2. The van der Waals surface area contributed by atoms with Crippen LogP contribution < -0.4 is 5.32 Å². The lowest BCUT2D eigenvalue weighted by molar-refractivity contribution is 0.0943. The second-order valence-corrected chi connectivity index (χ2v) is 3.39. The third-order valence-corrected chi connectivity index (χ3v) is 2.18. The first-order chi connectivity index (χ1) is 6.63. The van der Waals surface area contributed by atoms with Crippen molar-refractivity contribution >= 4 is 17.5 Å². The van der Waals surface area contributed by atoms with Gasteiger partial charge in [0, 0.05) is 17.5 Å². The van der Waals surface area contributed by atoms with Gasteiger partial charge in [-0.2, -0.15) is 0 Å². The van der Waals surface area contributed by atoms with Crippen LogP contribution in [0.2, 0.25) is 0 Å². The second kappa shape index (κ2) is 4.86. The highest BCUT2D eigenvalue weighted by Gasteiger charge is 2.08. The molecule has 0 saturated carbocycles. The van der Waals surface area contributed by atoms with E-state index in [9.17, 15) is 4.79 Å². The van der Waals surface area contributed by atoms with Crippen molar-refractivity contribution in [2.45, 2.75) is 13.0 Å². The predicted octanol–water partition coefficient (Wildman–Crippen LogP) is 1.75. The fourth-order valence-corrected chi connectivity index (χ4v) is 1.07. The molecule has 0 aromatic heterocycles. The summed E-state index contributed by atoms with van der Waals surface area (Å²) >= 11 is 5.55. The van der Waals surface area contributed by atoms with E-state index in [0.29, 0.717) is 11.4 Å². The Balaban J connectivity index is 2.70. The standard InChI is InChI=1S/C10H12ClNO2/c1-7(6-11)12-10(14)8-3-2-4-9(13)5-8/h2-5,7,13H,6H2,1H3,(H,12,14). The molecule has 4 heteroatoms. The summed E-state index contributed by atoms with van der Waals surface area (Å²) in [5, 5.41) is 11.8. The maximum atomic E-state index is 11.5. The van der Waals surface area contributed by atoms with E-state index in [0.717, 1.165) is 0 Å². The van der Waals surface area contributed by atoms with Gasteiger partial charge in [-0.25, -0.2) is 0 Å². The van der Waals surface area contributed by atoms with Crippen LogP contribution in [0, 0.1) is 0 Å². The smallest absolute Gasteiger partial charge is 0.251 e. The first-order valence-corrected chi connectivity index (χ1v) is 4.83. The van der Waals surface area contributed by atoms with Crippen molar-refractivity contribution < 1.29 is 9.90 Å². The number of carbonyl (C=O) groups is 1. The molecule has 0 heterocycles. The molecule has 0 radical (unpaired) electrons. The number of phenols is 1. The van der Waals surface area contributed by atoms with Crippen molar-refractivity contribution in [3.05, 3.63) is 29.8 Å². The average Bonchev–Trinajstić information content (AvgIpc) is 2.17. The molecule has 3 nitrogen and oxygen atoms in total. The molecule has 0 aliphatic rings. The Morgan fingerprint density at radius 2 is 2.36 bits per heavy atom. The quantitative estimate of drug-likeness (QED) is 0.752. The van der Waals surface area contributed by atoms with Gasteiger partial charge in [-0.1, -0.05) is 6.07 Å². The monoisotopic (exact) mass is 213 g/mol. The van der Waals surface area contributed by atoms with Gasteiger partial charge in [-0.05, 0) is 25.1 Å². The van der Waals surface area contributed by atoms with Crippen LogP contribution in [0.1, 0.15) is 17.3 Å². The minimum absolute atomic E-state index is 0.0773. The van der Waals surface area contributed by atoms with Crippen LogP contribution in [0.5, 0.6) is 5.75 Å². The zero-order valence-electron chi connectivity index (χ0n) is 7.83. The van der Waals surface area contributed by atoms with E-state index in [-0.39, 0.29) is 17.7 Å². The summed E-state index contributed by atoms with van der Waals surface area (Å²) in [5.41, 5.74) is 0.432. The summed E-state index contributed by atoms with van der Waals surface area (Å²) in [4.78, 5) is 11.5. The number of rotatable bonds is 3. The Morgan fingerprint density at radius 3 is 2.93 bits per heavy atom. The van der Waals surface area contributed by atoms with Crippen molar-refractivity contribution in [1.82, 2.24) is 5.32 Å². The summed E-state index contributed by atoms with van der Waals surface area (Å²) < 4.78 is 0. The van der Waals surface area contributed by atoms with Gasteiger partial charge >= 0.3 is 0 Å². The van der Waals surface area contributed by atoms with Gasteiger partial charge in [-0.3, -0.25) is 4.79 Å². The molecule has 0 saturated heterocycles. The lowest BCUT2D eigenvalue weighted by Gasteiger charge is -2.10. The molecule has 76 valence electrons. The molecule has 1 amide bonds. The molecule has 2 N–H and O–H groups in total. The summed E-state index contributed by atoms with van der Waals surface area (Å²) in [6.45, 7) is 1.81. The van der Waals surface area contributed by atoms with E-state index in [1.165, 1.54) is 12.1 Å². The van der Waals surface area contributed by atoms with Gasteiger partial charge in [-0.15, -0.1) is 11.6 Å². The molecule has 0 bridgehead atoms. The number of alkyl halides is 1. The number of aromatic hydroxyl groups is 1. The number of hydrogen-bond acceptors (Lipinski definition) is 2. The van der Waals surface area contributed by atoms with Crippen LogP contribution >= 0.6 is 11.6 Å². The maximum Gasteiger partial charge on any atom is 0.251 e. The van der Waals surface area contributed by atoms with Crippen LogP contribution in [0.3, 0.4) is 0 Å². The molecule has 1 aromatic rings. The van der Waals surface area contributed by atoms with E-state index in [1.54, 1.807) is 12.1 Å². The molecule has 0 fully saturated rings. The fraction of sp³-hybridized carbons (Fsp3) is 0.300. The van der Waals surface area contributed by atoms with Gasteiger partial charge < -0.3 is 10.4 Å². The lowest BCUT2D eigenvalue weighted by Crippen LogP contribution is -2.33. The summed E-state index contributed by atoms with van der Waals surface area (Å²) in [5.74, 6) is 0.218. The number of nitrogens with one attached hydrogen (secondary N) is 1. The Bertz CT molecular complexity index is 328. The topological polar surface area (TPSA) is 49.3 Å². The predicted molar refractivity (Wildman–Crippen MR) is 55.8 cm³/mol. The molecule has 14 heavy (non-hydrogen) atoms. The highest BCUT2D eigenvalue weighted by molar-refractivity contribution is 6.18. The van der Waals surface area contributed by atoms with Crippen molar-refractivity contribution in [3.8, 4) is 5.75 Å². The van der Waals surface area contributed by atoms with Gasteiger partial charge in [0.2, 0.25) is 0 Å². The summed E-state index contributed by atoms with van der Waals surface area (Å²) in [7, 11) is 0. The molecule has 1 atom stereocenters. The number of phenolic OH excluding ortho intramolecular Hbond substituents is 1. The van der Waals surface area contributed by atoms with E-state index in [4.69, 9.17) is 16.7 Å². The van der Waals surface area contributed by atoms with Crippen molar-refractivity contribution in [2.75, 3.05) is 5.88 Å². The molecule has 1 unspecified atom stereocenters. The highest BCUT2D eigenvalue weighted by atomic mass is 35.5. The molecule has 0 aliphatic carbocycles. The Kier molecular flexibility index (Phi) is 3.77. The minimum Gasteiger partial charge on any atom is -0.508 e. The Labute approximate surface area is 87.7 Å². The Hall–Kier alpha value is -1.22. The van der Waals surface area contributed by atoms with Crippen LogP contribution in [0.15, 0.2) is 24.3 Å². The van der Waals surface area contributed by atoms with Crippen LogP contribution in [-0.2, 0) is 0 Å². The SMILES string of the molecule is CC(CCl)NC(=O)c1cccc(O)c1. The number of amides is 1.